The fraction of sp³-hybridized carbons (Fsp3) is 0.562. The van der Waals surface area contributed by atoms with E-state index in [1.165, 1.54) is 25.0 Å². The molecule has 1 aromatic carbocycles. The van der Waals surface area contributed by atoms with Crippen molar-refractivity contribution in [2.45, 2.75) is 45.2 Å². The molecule has 0 saturated heterocycles. The average molecular weight is 316 g/mol. The van der Waals surface area contributed by atoms with Crippen molar-refractivity contribution in [1.82, 2.24) is 5.32 Å². The molecule has 22 heavy (non-hydrogen) atoms. The summed E-state index contributed by atoms with van der Waals surface area (Å²) in [4.78, 5) is 11.6. The highest BCUT2D eigenvalue weighted by Crippen LogP contribution is 2.30. The van der Waals surface area contributed by atoms with Crippen LogP contribution < -0.4 is 10.6 Å². The van der Waals surface area contributed by atoms with Gasteiger partial charge in [-0.05, 0) is 24.6 Å². The van der Waals surface area contributed by atoms with Gasteiger partial charge in [0.15, 0.2) is 0 Å². The Labute approximate surface area is 129 Å². The van der Waals surface area contributed by atoms with Crippen molar-refractivity contribution in [3.63, 3.8) is 0 Å². The number of alkyl halides is 3. The van der Waals surface area contributed by atoms with Gasteiger partial charge in [-0.3, -0.25) is 4.79 Å². The van der Waals surface area contributed by atoms with E-state index in [1.807, 2.05) is 0 Å². The zero-order valence-electron chi connectivity index (χ0n) is 12.8. The third-order valence-electron chi connectivity index (χ3n) is 3.25. The van der Waals surface area contributed by atoms with Gasteiger partial charge in [-0.25, -0.2) is 0 Å². The van der Waals surface area contributed by atoms with Crippen LogP contribution in [0.1, 0.15) is 44.6 Å². The van der Waals surface area contributed by atoms with Gasteiger partial charge in [0.05, 0.1) is 12.1 Å². The van der Waals surface area contributed by atoms with Crippen LogP contribution in [0, 0.1) is 0 Å². The molecular formula is C16H23F3N2O. The Kier molecular flexibility index (Phi) is 7.77. The fourth-order valence-corrected chi connectivity index (χ4v) is 2.01. The summed E-state index contributed by atoms with van der Waals surface area (Å²) in [7, 11) is 0. The molecule has 0 aliphatic rings. The number of carbonyl (C=O) groups excluding carboxylic acids is 1. The Bertz CT molecular complexity index is 461. The number of hydrogen-bond donors (Lipinski definition) is 2. The molecule has 0 aliphatic carbocycles. The quantitative estimate of drug-likeness (QED) is 0.670. The summed E-state index contributed by atoms with van der Waals surface area (Å²) in [6, 6.07) is 4.82. The highest BCUT2D eigenvalue weighted by Gasteiger charge is 2.30. The molecule has 0 aliphatic heterocycles. The van der Waals surface area contributed by atoms with Crippen LogP contribution in [0.15, 0.2) is 24.3 Å². The molecule has 6 heteroatoms. The lowest BCUT2D eigenvalue weighted by molar-refractivity contribution is -0.137. The molecule has 1 rings (SSSR count). The summed E-state index contributed by atoms with van der Waals surface area (Å²) in [6.45, 7) is 2.71. The largest absolute Gasteiger partial charge is 0.416 e. The minimum atomic E-state index is -4.38. The Morgan fingerprint density at radius 2 is 1.86 bits per heavy atom. The molecule has 0 spiro atoms. The van der Waals surface area contributed by atoms with E-state index in [1.54, 1.807) is 0 Å². The molecule has 1 amide bonds. The SMILES string of the molecule is CCCCCCCNC(=O)CNc1cccc(C(F)(F)F)c1. The molecule has 0 saturated carbocycles. The zero-order chi connectivity index (χ0) is 16.4. The first kappa shape index (κ1) is 18.3. The smallest absolute Gasteiger partial charge is 0.376 e. The van der Waals surface area contributed by atoms with Crippen LogP contribution in [0.25, 0.3) is 0 Å². The lowest BCUT2D eigenvalue weighted by atomic mass is 10.1. The minimum absolute atomic E-state index is 0.0315. The molecule has 0 unspecified atom stereocenters. The van der Waals surface area contributed by atoms with Gasteiger partial charge >= 0.3 is 6.18 Å². The van der Waals surface area contributed by atoms with E-state index in [2.05, 4.69) is 17.6 Å². The molecule has 3 nitrogen and oxygen atoms in total. The molecule has 0 heterocycles. The predicted molar refractivity (Wildman–Crippen MR) is 81.7 cm³/mol. The van der Waals surface area contributed by atoms with Gasteiger partial charge in [-0.1, -0.05) is 38.7 Å². The van der Waals surface area contributed by atoms with Crippen molar-refractivity contribution in [3.8, 4) is 0 Å². The molecule has 124 valence electrons. The van der Waals surface area contributed by atoms with Crippen molar-refractivity contribution >= 4 is 11.6 Å². The Balaban J connectivity index is 2.27. The van der Waals surface area contributed by atoms with Gasteiger partial charge < -0.3 is 10.6 Å². The molecule has 0 bridgehead atoms. The first-order chi connectivity index (χ1) is 10.4. The average Bonchev–Trinajstić information content (AvgIpc) is 2.48. The number of hydrogen-bond acceptors (Lipinski definition) is 2. The van der Waals surface area contributed by atoms with Crippen LogP contribution in [-0.2, 0) is 11.0 Å². The monoisotopic (exact) mass is 316 g/mol. The van der Waals surface area contributed by atoms with Crippen molar-refractivity contribution in [3.05, 3.63) is 29.8 Å². The fourth-order valence-electron chi connectivity index (χ4n) is 2.01. The van der Waals surface area contributed by atoms with Crippen LogP contribution in [0.5, 0.6) is 0 Å². The van der Waals surface area contributed by atoms with Crippen LogP contribution >= 0.6 is 0 Å². The maximum Gasteiger partial charge on any atom is 0.416 e. The normalized spacial score (nSPS) is 11.3. The van der Waals surface area contributed by atoms with E-state index in [0.29, 0.717) is 6.54 Å². The van der Waals surface area contributed by atoms with Crippen molar-refractivity contribution < 1.29 is 18.0 Å². The Morgan fingerprint density at radius 3 is 2.55 bits per heavy atom. The molecular weight excluding hydrogens is 293 g/mol. The summed E-state index contributed by atoms with van der Waals surface area (Å²) in [5.41, 5.74) is -0.443. The lowest BCUT2D eigenvalue weighted by Gasteiger charge is -2.11. The first-order valence-corrected chi connectivity index (χ1v) is 7.61. The van der Waals surface area contributed by atoms with Gasteiger partial charge in [-0.2, -0.15) is 13.2 Å². The van der Waals surface area contributed by atoms with Gasteiger partial charge in [0.25, 0.3) is 0 Å². The third kappa shape index (κ3) is 7.33. The van der Waals surface area contributed by atoms with Gasteiger partial charge in [0, 0.05) is 12.2 Å². The van der Waals surface area contributed by atoms with E-state index >= 15 is 0 Å². The molecule has 2 N–H and O–H groups in total. The predicted octanol–water partition coefficient (Wildman–Crippen LogP) is 4.20. The Morgan fingerprint density at radius 1 is 1.14 bits per heavy atom. The molecule has 0 fully saturated rings. The van der Waals surface area contributed by atoms with E-state index in [4.69, 9.17) is 0 Å². The summed E-state index contributed by atoms with van der Waals surface area (Å²) < 4.78 is 37.7. The highest BCUT2D eigenvalue weighted by molar-refractivity contribution is 5.80. The number of rotatable bonds is 9. The summed E-state index contributed by atoms with van der Waals surface area (Å²) in [5, 5.41) is 5.46. The Hall–Kier alpha value is -1.72. The van der Waals surface area contributed by atoms with Crippen LogP contribution in [0.2, 0.25) is 0 Å². The first-order valence-electron chi connectivity index (χ1n) is 7.61. The molecule has 0 radical (unpaired) electrons. The number of amides is 1. The standard InChI is InChI=1S/C16H23F3N2O/c1-2-3-4-5-6-10-20-15(22)12-21-14-9-7-8-13(11-14)16(17,18)19/h7-9,11,21H,2-6,10,12H2,1H3,(H,20,22). The van der Waals surface area contributed by atoms with Crippen LogP contribution in [-0.4, -0.2) is 19.0 Å². The van der Waals surface area contributed by atoms with E-state index in [0.717, 1.165) is 31.4 Å². The highest BCUT2D eigenvalue weighted by atomic mass is 19.4. The third-order valence-corrected chi connectivity index (χ3v) is 3.25. The number of benzene rings is 1. The number of carbonyl (C=O) groups is 1. The second-order valence-electron chi connectivity index (χ2n) is 5.20. The van der Waals surface area contributed by atoms with E-state index in [9.17, 15) is 18.0 Å². The van der Waals surface area contributed by atoms with Gasteiger partial charge in [0.2, 0.25) is 5.91 Å². The summed E-state index contributed by atoms with van der Waals surface area (Å²) in [5.74, 6) is -0.215. The van der Waals surface area contributed by atoms with Gasteiger partial charge in [-0.15, -0.1) is 0 Å². The van der Waals surface area contributed by atoms with Crippen molar-refractivity contribution in [2.24, 2.45) is 0 Å². The maximum atomic E-state index is 12.6. The van der Waals surface area contributed by atoms with Gasteiger partial charge in [0.1, 0.15) is 0 Å². The van der Waals surface area contributed by atoms with Crippen LogP contribution in [0.3, 0.4) is 0 Å². The second kappa shape index (κ2) is 9.33. The van der Waals surface area contributed by atoms with E-state index < -0.39 is 11.7 Å². The molecule has 0 aromatic heterocycles. The molecule has 1 aromatic rings. The summed E-state index contributed by atoms with van der Waals surface area (Å²) >= 11 is 0. The van der Waals surface area contributed by atoms with Crippen molar-refractivity contribution in [1.29, 1.82) is 0 Å². The topological polar surface area (TPSA) is 41.1 Å². The van der Waals surface area contributed by atoms with Crippen molar-refractivity contribution in [2.75, 3.05) is 18.4 Å². The van der Waals surface area contributed by atoms with Crippen LogP contribution in [0.4, 0.5) is 18.9 Å². The zero-order valence-corrected chi connectivity index (χ0v) is 12.8. The summed E-state index contributed by atoms with van der Waals surface area (Å²) in [6.07, 6.45) is 1.16. The second-order valence-corrected chi connectivity index (χ2v) is 5.20. The number of nitrogens with one attached hydrogen (secondary N) is 2. The number of unbranched alkanes of at least 4 members (excludes halogenated alkanes) is 4. The minimum Gasteiger partial charge on any atom is -0.376 e. The lowest BCUT2D eigenvalue weighted by Crippen LogP contribution is -2.30. The maximum absolute atomic E-state index is 12.6. The number of halogens is 3. The molecule has 0 atom stereocenters. The number of anilines is 1. The van der Waals surface area contributed by atoms with E-state index in [-0.39, 0.29) is 18.1 Å².